The summed E-state index contributed by atoms with van der Waals surface area (Å²) in [7, 11) is 0. The van der Waals surface area contributed by atoms with Crippen LogP contribution < -0.4 is 11.1 Å². The second kappa shape index (κ2) is 5.47. The summed E-state index contributed by atoms with van der Waals surface area (Å²) in [5, 5.41) is 9.49. The van der Waals surface area contributed by atoms with E-state index in [1.54, 1.807) is 6.07 Å². The van der Waals surface area contributed by atoms with Gasteiger partial charge in [0.05, 0.1) is 5.69 Å². The first-order valence-corrected chi connectivity index (χ1v) is 6.66. The molecule has 0 unspecified atom stereocenters. The van der Waals surface area contributed by atoms with Crippen LogP contribution in [0, 0.1) is 6.92 Å². The molecule has 1 aromatic carbocycles. The molecule has 0 saturated carbocycles. The number of aryl methyl sites for hydroxylation is 1. The Morgan fingerprint density at radius 1 is 1.33 bits per heavy atom. The van der Waals surface area contributed by atoms with Crippen LogP contribution in [0.1, 0.15) is 26.3 Å². The fourth-order valence-corrected chi connectivity index (χ4v) is 1.82. The monoisotopic (exact) mass is 288 g/mol. The van der Waals surface area contributed by atoms with E-state index in [1.807, 2.05) is 45.9 Å². The normalized spacial score (nSPS) is 11.2. The number of aromatic nitrogens is 2. The molecule has 112 valence electrons. The van der Waals surface area contributed by atoms with Crippen molar-refractivity contribution in [1.82, 2.24) is 10.2 Å². The predicted octanol–water partition coefficient (Wildman–Crippen LogP) is 3.31. The van der Waals surface area contributed by atoms with Gasteiger partial charge in [0.2, 0.25) is 0 Å². The minimum atomic E-state index is -0.534. The lowest BCUT2D eigenvalue weighted by atomic mass is 10.1. The number of amides is 1. The lowest BCUT2D eigenvalue weighted by Crippen LogP contribution is -2.27. The Hall–Kier alpha value is -2.50. The smallest absolute Gasteiger partial charge is 0.412 e. The lowest BCUT2D eigenvalue weighted by Gasteiger charge is -2.20. The van der Waals surface area contributed by atoms with Crippen LogP contribution in [0.3, 0.4) is 0 Å². The molecule has 1 aromatic heterocycles. The number of nitrogen functional groups attached to an aromatic ring is 1. The maximum Gasteiger partial charge on any atom is 0.412 e. The molecule has 0 spiro atoms. The molecule has 0 fully saturated rings. The molecule has 2 rings (SSSR count). The Labute approximate surface area is 123 Å². The second-order valence-corrected chi connectivity index (χ2v) is 5.86. The van der Waals surface area contributed by atoms with Crippen molar-refractivity contribution in [3.05, 3.63) is 29.8 Å². The first-order valence-electron chi connectivity index (χ1n) is 6.66. The summed E-state index contributed by atoms with van der Waals surface area (Å²) in [4.78, 5) is 11.9. The van der Waals surface area contributed by atoms with Crippen LogP contribution in [0.15, 0.2) is 24.3 Å². The quantitative estimate of drug-likeness (QED) is 0.790. The number of ether oxygens (including phenoxy) is 1. The third kappa shape index (κ3) is 3.98. The number of carbonyl (C=O) groups excluding carboxylic acids is 1. The summed E-state index contributed by atoms with van der Waals surface area (Å²) < 4.78 is 5.26. The molecule has 0 atom stereocenters. The summed E-state index contributed by atoms with van der Waals surface area (Å²) in [6.45, 7) is 7.38. The number of nitrogens with one attached hydrogen (secondary N) is 2. The average Bonchev–Trinajstić information content (AvgIpc) is 2.76. The van der Waals surface area contributed by atoms with Gasteiger partial charge in [0, 0.05) is 17.3 Å². The van der Waals surface area contributed by atoms with Crippen molar-refractivity contribution < 1.29 is 9.53 Å². The van der Waals surface area contributed by atoms with E-state index in [9.17, 15) is 4.79 Å². The van der Waals surface area contributed by atoms with Gasteiger partial charge in [-0.3, -0.25) is 10.4 Å². The molecule has 0 aliphatic heterocycles. The molecule has 6 heteroatoms. The van der Waals surface area contributed by atoms with Crippen LogP contribution in [0.5, 0.6) is 0 Å². The van der Waals surface area contributed by atoms with Crippen LogP contribution in [0.25, 0.3) is 11.3 Å². The topological polar surface area (TPSA) is 93.0 Å². The molecular formula is C15H20N4O2. The zero-order valence-corrected chi connectivity index (χ0v) is 12.7. The van der Waals surface area contributed by atoms with E-state index in [0.717, 1.165) is 16.8 Å². The van der Waals surface area contributed by atoms with Gasteiger partial charge in [-0.15, -0.1) is 0 Å². The molecular weight excluding hydrogens is 268 g/mol. The number of nitrogens with zero attached hydrogens (tertiary/aromatic N) is 1. The summed E-state index contributed by atoms with van der Waals surface area (Å²) in [5.74, 6) is 0.423. The molecule has 4 N–H and O–H groups in total. The molecule has 0 aliphatic carbocycles. The van der Waals surface area contributed by atoms with Crippen molar-refractivity contribution in [2.75, 3.05) is 11.1 Å². The minimum absolute atomic E-state index is 0.423. The summed E-state index contributed by atoms with van der Waals surface area (Å²) in [5.41, 5.74) is 8.38. The van der Waals surface area contributed by atoms with Crippen molar-refractivity contribution in [3.8, 4) is 11.3 Å². The highest BCUT2D eigenvalue weighted by atomic mass is 16.6. The van der Waals surface area contributed by atoms with Gasteiger partial charge in [0.1, 0.15) is 11.4 Å². The molecule has 0 aliphatic rings. The Bertz CT molecular complexity index is 656. The van der Waals surface area contributed by atoms with Crippen LogP contribution in [0.4, 0.5) is 16.3 Å². The number of nitrogens with two attached hydrogens (primary N) is 1. The Morgan fingerprint density at radius 3 is 2.62 bits per heavy atom. The molecule has 1 amide bonds. The average molecular weight is 288 g/mol. The van der Waals surface area contributed by atoms with Gasteiger partial charge in [-0.1, -0.05) is 12.1 Å². The van der Waals surface area contributed by atoms with Crippen molar-refractivity contribution in [2.45, 2.75) is 33.3 Å². The van der Waals surface area contributed by atoms with Gasteiger partial charge in [0.25, 0.3) is 0 Å². The highest BCUT2D eigenvalue weighted by Gasteiger charge is 2.17. The maximum atomic E-state index is 11.9. The van der Waals surface area contributed by atoms with Gasteiger partial charge < -0.3 is 10.5 Å². The number of benzene rings is 1. The number of carbonyl (C=O) groups is 1. The Morgan fingerprint density at radius 2 is 2.05 bits per heavy atom. The Kier molecular flexibility index (Phi) is 3.88. The number of aromatic amines is 1. The van der Waals surface area contributed by atoms with Crippen molar-refractivity contribution in [2.24, 2.45) is 0 Å². The van der Waals surface area contributed by atoms with Gasteiger partial charge in [-0.25, -0.2) is 4.79 Å². The molecule has 0 saturated heterocycles. The highest BCUT2D eigenvalue weighted by molar-refractivity contribution is 5.87. The third-order valence-electron chi connectivity index (χ3n) is 2.78. The summed E-state index contributed by atoms with van der Waals surface area (Å²) >= 11 is 0. The van der Waals surface area contributed by atoms with Gasteiger partial charge in [0.15, 0.2) is 0 Å². The Balaban J connectivity index is 2.22. The standard InChI is InChI=1S/C15H20N4O2/c1-9-5-6-10(12-8-13(16)19-18-12)7-11(9)17-14(20)21-15(2,3)4/h5-8H,1-4H3,(H,17,20)(H3,16,18,19). The zero-order valence-electron chi connectivity index (χ0n) is 12.7. The molecule has 0 bridgehead atoms. The van der Waals surface area contributed by atoms with Crippen molar-refractivity contribution >= 4 is 17.6 Å². The number of rotatable bonds is 2. The van der Waals surface area contributed by atoms with E-state index in [0.29, 0.717) is 11.5 Å². The van der Waals surface area contributed by atoms with Gasteiger partial charge >= 0.3 is 6.09 Å². The highest BCUT2D eigenvalue weighted by Crippen LogP contribution is 2.25. The first kappa shape index (κ1) is 14.9. The fourth-order valence-electron chi connectivity index (χ4n) is 1.82. The van der Waals surface area contributed by atoms with Crippen molar-refractivity contribution in [1.29, 1.82) is 0 Å². The van der Waals surface area contributed by atoms with E-state index in [1.165, 1.54) is 0 Å². The maximum absolute atomic E-state index is 11.9. The summed E-state index contributed by atoms with van der Waals surface area (Å²) in [6.07, 6.45) is -0.480. The summed E-state index contributed by atoms with van der Waals surface area (Å²) in [6, 6.07) is 7.44. The van der Waals surface area contributed by atoms with Crippen molar-refractivity contribution in [3.63, 3.8) is 0 Å². The van der Waals surface area contributed by atoms with E-state index >= 15 is 0 Å². The molecule has 0 radical (unpaired) electrons. The van der Waals surface area contributed by atoms with E-state index in [4.69, 9.17) is 10.5 Å². The molecule has 21 heavy (non-hydrogen) atoms. The number of hydrogen-bond donors (Lipinski definition) is 3. The fraction of sp³-hybridized carbons (Fsp3) is 0.333. The van der Waals surface area contributed by atoms with Crippen LogP contribution in [0.2, 0.25) is 0 Å². The van der Waals surface area contributed by atoms with Gasteiger partial charge in [-0.05, 0) is 39.3 Å². The SMILES string of the molecule is Cc1ccc(-c2cc(N)n[nH]2)cc1NC(=O)OC(C)(C)C. The number of anilines is 2. The third-order valence-corrected chi connectivity index (χ3v) is 2.78. The van der Waals surface area contributed by atoms with Gasteiger partial charge in [-0.2, -0.15) is 5.10 Å². The van der Waals surface area contributed by atoms with E-state index in [2.05, 4.69) is 15.5 Å². The zero-order chi connectivity index (χ0) is 15.6. The van der Waals surface area contributed by atoms with E-state index < -0.39 is 11.7 Å². The van der Waals surface area contributed by atoms with E-state index in [-0.39, 0.29) is 0 Å². The molecule has 2 aromatic rings. The number of hydrogen-bond acceptors (Lipinski definition) is 4. The predicted molar refractivity (Wildman–Crippen MR) is 83.0 cm³/mol. The van der Waals surface area contributed by atoms with Crippen LogP contribution >= 0.6 is 0 Å². The largest absolute Gasteiger partial charge is 0.444 e. The van der Waals surface area contributed by atoms with Crippen LogP contribution in [-0.2, 0) is 4.74 Å². The van der Waals surface area contributed by atoms with Crippen LogP contribution in [-0.4, -0.2) is 21.9 Å². The lowest BCUT2D eigenvalue weighted by molar-refractivity contribution is 0.0636. The molecule has 6 nitrogen and oxygen atoms in total. The minimum Gasteiger partial charge on any atom is -0.444 e. The second-order valence-electron chi connectivity index (χ2n) is 5.86. The first-order chi connectivity index (χ1) is 9.74. The molecule has 1 heterocycles. The number of H-pyrrole nitrogens is 1.